The molecule has 40 heavy (non-hydrogen) atoms. The second-order valence-corrected chi connectivity index (χ2v) is 12.7. The molecule has 1 aromatic heterocycles. The van der Waals surface area contributed by atoms with Crippen LogP contribution in [0.2, 0.25) is 0 Å². The molecule has 0 spiro atoms. The summed E-state index contributed by atoms with van der Waals surface area (Å²) in [5, 5.41) is 7.36. The van der Waals surface area contributed by atoms with Crippen molar-refractivity contribution in [1.82, 2.24) is 15.5 Å². The Bertz CT molecular complexity index is 1540. The number of amides is 3. The van der Waals surface area contributed by atoms with E-state index in [2.05, 4.69) is 22.8 Å². The van der Waals surface area contributed by atoms with Gasteiger partial charge in [-0.3, -0.25) is 19.7 Å². The number of imide groups is 1. The number of nitrogens with one attached hydrogen (secondary N) is 2. The van der Waals surface area contributed by atoms with Gasteiger partial charge < -0.3 is 19.4 Å². The van der Waals surface area contributed by atoms with E-state index in [0.717, 1.165) is 40.8 Å². The highest BCUT2D eigenvalue weighted by Gasteiger charge is 2.55. The lowest BCUT2D eigenvalue weighted by molar-refractivity contribution is -0.136. The van der Waals surface area contributed by atoms with Crippen LogP contribution in [0.15, 0.2) is 46.9 Å². The summed E-state index contributed by atoms with van der Waals surface area (Å²) in [6, 6.07) is 13.2. The van der Waals surface area contributed by atoms with E-state index in [9.17, 15) is 14.4 Å². The number of piperidine rings is 1. The van der Waals surface area contributed by atoms with Crippen molar-refractivity contribution in [2.45, 2.75) is 76.2 Å². The Balaban J connectivity index is 0.941. The molecular weight excluding hydrogens is 506 g/mol. The topological polar surface area (TPSA) is 101 Å². The van der Waals surface area contributed by atoms with Crippen LogP contribution in [0, 0.1) is 17.8 Å². The van der Waals surface area contributed by atoms with Crippen LogP contribution in [0.4, 0.5) is 0 Å². The number of ether oxygens (including phenoxy) is 1. The van der Waals surface area contributed by atoms with Crippen LogP contribution in [0.1, 0.15) is 72.2 Å². The molecule has 8 heteroatoms. The molecule has 206 valence electrons. The van der Waals surface area contributed by atoms with Gasteiger partial charge in [-0.1, -0.05) is 12.1 Å². The van der Waals surface area contributed by atoms with Crippen molar-refractivity contribution in [3.8, 4) is 5.75 Å². The van der Waals surface area contributed by atoms with Crippen LogP contribution < -0.4 is 15.4 Å². The molecule has 3 amide bonds. The van der Waals surface area contributed by atoms with Gasteiger partial charge in [0.25, 0.3) is 5.91 Å². The third kappa shape index (κ3) is 3.95. The maximum atomic E-state index is 13.1. The third-order valence-corrected chi connectivity index (χ3v) is 10.1. The first kappa shape index (κ1) is 24.2. The summed E-state index contributed by atoms with van der Waals surface area (Å²) in [5.74, 6) is 3.24. The number of benzene rings is 2. The second-order valence-electron chi connectivity index (χ2n) is 12.7. The lowest BCUT2D eigenvalue weighted by atomic mass is 9.76. The average molecular weight is 540 g/mol. The fourth-order valence-electron chi connectivity index (χ4n) is 8.49. The molecule has 3 unspecified atom stereocenters. The quantitative estimate of drug-likeness (QED) is 0.431. The standard InChI is InChI=1S/C32H33N3O5/c36-29-7-5-26(30(37)34-29)35-16-25-24(31(35)38)2-1-3-28(25)39-17-23-11-20-8-18(4-6-27(20)40-23)15-33-32-12-19-9-21(13-32)22(10-19)14-32/h1-4,6,8,11,19,21-22,26,33H,5,7,9-10,12-17H2,(H,34,36,37). The SMILES string of the molecule is O=C1CCC(N2Cc3c(OCc4cc5cc(CNC67CC8CC(C6)C(C8)C7)ccc5o4)cccc3C2=O)C(=O)N1. The Labute approximate surface area is 232 Å². The van der Waals surface area contributed by atoms with Crippen molar-refractivity contribution in [1.29, 1.82) is 0 Å². The van der Waals surface area contributed by atoms with Gasteiger partial charge in [0.2, 0.25) is 11.8 Å². The highest BCUT2D eigenvalue weighted by Crippen LogP contribution is 2.60. The molecule has 9 rings (SSSR count). The summed E-state index contributed by atoms with van der Waals surface area (Å²) in [4.78, 5) is 38.6. The molecule has 2 aromatic carbocycles. The summed E-state index contributed by atoms with van der Waals surface area (Å²) in [6.07, 6.45) is 7.52. The minimum atomic E-state index is -0.650. The lowest BCUT2D eigenvalue weighted by Crippen LogP contribution is -2.52. The van der Waals surface area contributed by atoms with Crippen LogP contribution >= 0.6 is 0 Å². The number of rotatable bonds is 7. The number of carbonyl (C=O) groups is 3. The van der Waals surface area contributed by atoms with Gasteiger partial charge in [0, 0.05) is 35.0 Å². The van der Waals surface area contributed by atoms with Crippen molar-refractivity contribution < 1.29 is 23.5 Å². The first-order chi connectivity index (χ1) is 19.4. The van der Waals surface area contributed by atoms with Gasteiger partial charge in [-0.2, -0.15) is 0 Å². The van der Waals surface area contributed by atoms with Crippen LogP contribution in [0.25, 0.3) is 11.0 Å². The van der Waals surface area contributed by atoms with Crippen molar-refractivity contribution in [3.05, 3.63) is 64.9 Å². The zero-order valence-electron chi connectivity index (χ0n) is 22.4. The predicted molar refractivity (Wildman–Crippen MR) is 146 cm³/mol. The van der Waals surface area contributed by atoms with Gasteiger partial charge in [0.05, 0.1) is 6.54 Å². The molecule has 3 heterocycles. The fraction of sp³-hybridized carbons (Fsp3) is 0.469. The maximum Gasteiger partial charge on any atom is 0.255 e. The molecule has 8 nitrogen and oxygen atoms in total. The van der Waals surface area contributed by atoms with E-state index in [1.54, 1.807) is 12.1 Å². The van der Waals surface area contributed by atoms with Crippen LogP contribution in [0.3, 0.4) is 0 Å². The molecule has 4 bridgehead atoms. The zero-order chi connectivity index (χ0) is 27.0. The average Bonchev–Trinajstić information content (AvgIpc) is 3.64. The van der Waals surface area contributed by atoms with Gasteiger partial charge in [0.15, 0.2) is 0 Å². The number of carbonyl (C=O) groups excluding carboxylic acids is 3. The van der Waals surface area contributed by atoms with Crippen molar-refractivity contribution in [2.75, 3.05) is 0 Å². The van der Waals surface area contributed by atoms with Crippen LogP contribution in [-0.4, -0.2) is 34.2 Å². The van der Waals surface area contributed by atoms with E-state index in [0.29, 0.717) is 29.0 Å². The summed E-state index contributed by atoms with van der Waals surface area (Å²) < 4.78 is 12.2. The van der Waals surface area contributed by atoms with Crippen molar-refractivity contribution in [2.24, 2.45) is 17.8 Å². The number of nitrogens with zero attached hydrogens (tertiary/aromatic N) is 1. The molecule has 1 saturated heterocycles. The Morgan fingerprint density at radius 3 is 2.70 bits per heavy atom. The van der Waals surface area contributed by atoms with Crippen LogP contribution in [0.5, 0.6) is 5.75 Å². The van der Waals surface area contributed by atoms with Crippen molar-refractivity contribution >= 4 is 28.7 Å². The van der Waals surface area contributed by atoms with Crippen molar-refractivity contribution in [3.63, 3.8) is 0 Å². The Kier molecular flexibility index (Phi) is 5.40. The van der Waals surface area contributed by atoms with E-state index in [1.807, 2.05) is 18.2 Å². The first-order valence-corrected chi connectivity index (χ1v) is 14.6. The zero-order valence-corrected chi connectivity index (χ0v) is 22.4. The molecular formula is C32H33N3O5. The largest absolute Gasteiger partial charge is 0.485 e. The van der Waals surface area contributed by atoms with Gasteiger partial charge in [-0.05, 0) is 92.2 Å². The summed E-state index contributed by atoms with van der Waals surface area (Å²) in [5.41, 5.74) is 3.75. The van der Waals surface area contributed by atoms with Gasteiger partial charge >= 0.3 is 0 Å². The number of hydrogen-bond donors (Lipinski definition) is 2. The maximum absolute atomic E-state index is 13.1. The molecule has 5 fully saturated rings. The monoisotopic (exact) mass is 539 g/mol. The number of fused-ring (bicyclic) bond motifs is 2. The molecule has 3 aromatic rings. The lowest BCUT2D eigenvalue weighted by Gasteiger charge is -2.39. The van der Waals surface area contributed by atoms with E-state index in [-0.39, 0.29) is 31.4 Å². The molecule has 0 radical (unpaired) electrons. The fourth-order valence-corrected chi connectivity index (χ4v) is 8.49. The smallest absolute Gasteiger partial charge is 0.255 e. The molecule has 4 saturated carbocycles. The second kappa shape index (κ2) is 8.93. The summed E-state index contributed by atoms with van der Waals surface area (Å²) >= 11 is 0. The molecule has 2 aliphatic heterocycles. The highest BCUT2D eigenvalue weighted by molar-refractivity contribution is 6.05. The Hall–Kier alpha value is -3.65. The minimum Gasteiger partial charge on any atom is -0.485 e. The van der Waals surface area contributed by atoms with Crippen LogP contribution in [-0.2, 0) is 29.3 Å². The highest BCUT2D eigenvalue weighted by atomic mass is 16.5. The Morgan fingerprint density at radius 1 is 1.05 bits per heavy atom. The minimum absolute atomic E-state index is 0.210. The number of hydrogen-bond acceptors (Lipinski definition) is 6. The number of furan rings is 1. The predicted octanol–water partition coefficient (Wildman–Crippen LogP) is 4.44. The normalized spacial score (nSPS) is 30.4. The van der Waals surface area contributed by atoms with Gasteiger partial charge in [-0.15, -0.1) is 0 Å². The molecule has 2 N–H and O–H groups in total. The van der Waals surface area contributed by atoms with Gasteiger partial charge in [0.1, 0.15) is 29.7 Å². The van der Waals surface area contributed by atoms with E-state index >= 15 is 0 Å². The molecule has 4 aliphatic carbocycles. The first-order valence-electron chi connectivity index (χ1n) is 14.6. The molecule has 6 aliphatic rings. The Morgan fingerprint density at radius 2 is 1.90 bits per heavy atom. The summed E-state index contributed by atoms with van der Waals surface area (Å²) in [6.45, 7) is 1.39. The van der Waals surface area contributed by atoms with Gasteiger partial charge in [-0.25, -0.2) is 0 Å². The van der Waals surface area contributed by atoms with E-state index in [1.165, 1.54) is 42.6 Å². The van der Waals surface area contributed by atoms with E-state index in [4.69, 9.17) is 9.15 Å². The molecule has 3 atom stereocenters. The van der Waals surface area contributed by atoms with E-state index < -0.39 is 11.9 Å². The summed E-state index contributed by atoms with van der Waals surface area (Å²) in [7, 11) is 0. The third-order valence-electron chi connectivity index (χ3n) is 10.1.